The molecule has 7 rings (SSSR count). The molecule has 0 spiro atoms. The molecule has 0 atom stereocenters. The molecule has 202 valence electrons. The van der Waals surface area contributed by atoms with E-state index < -0.39 is 0 Å². The van der Waals surface area contributed by atoms with Crippen molar-refractivity contribution in [2.75, 3.05) is 0 Å². The first-order valence-electron chi connectivity index (χ1n) is 13.8. The van der Waals surface area contributed by atoms with Crippen LogP contribution in [-0.2, 0) is 52.2 Å². The number of aromatic nitrogens is 6. The summed E-state index contributed by atoms with van der Waals surface area (Å²) in [6.45, 7) is 6.59. The summed E-state index contributed by atoms with van der Waals surface area (Å²) in [4.78, 5) is 9.06. The molecule has 4 heterocycles. The van der Waals surface area contributed by atoms with Gasteiger partial charge >= 0.3 is 21.1 Å². The molecule has 1 aromatic carbocycles. The summed E-state index contributed by atoms with van der Waals surface area (Å²) >= 11 is 0. The van der Waals surface area contributed by atoms with Gasteiger partial charge in [-0.3, -0.25) is 9.97 Å². The van der Waals surface area contributed by atoms with Crippen molar-refractivity contribution in [2.24, 2.45) is 0 Å². The summed E-state index contributed by atoms with van der Waals surface area (Å²) < 4.78 is 0. The number of aryl methyl sites for hydroxylation is 2. The number of benzene rings is 1. The molecule has 5 aromatic rings. The van der Waals surface area contributed by atoms with E-state index >= 15 is 0 Å². The number of pyridine rings is 2. The van der Waals surface area contributed by atoms with Crippen LogP contribution < -0.4 is 10.2 Å². The first-order valence-corrected chi connectivity index (χ1v) is 13.8. The van der Waals surface area contributed by atoms with E-state index in [1.54, 1.807) is 0 Å². The third-order valence-electron chi connectivity index (χ3n) is 7.74. The molecule has 7 heteroatoms. The molecule has 0 aliphatic heterocycles. The van der Waals surface area contributed by atoms with Gasteiger partial charge in [-0.2, -0.15) is 0 Å². The number of hydrogen-bond donors (Lipinski definition) is 0. The Bertz CT molecular complexity index is 1560. The summed E-state index contributed by atoms with van der Waals surface area (Å²) in [6, 6.07) is 14.7. The number of hydrogen-bond acceptors (Lipinski definition) is 4. The van der Waals surface area contributed by atoms with Crippen LogP contribution in [0, 0.1) is 0 Å². The molecule has 0 unspecified atom stereocenters. The zero-order chi connectivity index (χ0) is 26.1. The van der Waals surface area contributed by atoms with E-state index in [1.807, 2.05) is 12.4 Å². The second-order valence-corrected chi connectivity index (χ2v) is 11.4. The predicted molar refractivity (Wildman–Crippen MR) is 151 cm³/mol. The third-order valence-corrected chi connectivity index (χ3v) is 7.74. The molecule has 6 nitrogen and oxygen atoms in total. The van der Waals surface area contributed by atoms with Gasteiger partial charge in [-0.25, -0.2) is 0 Å². The van der Waals surface area contributed by atoms with Gasteiger partial charge in [0.25, 0.3) is 0 Å². The fourth-order valence-electron chi connectivity index (χ4n) is 5.60. The van der Waals surface area contributed by atoms with Crippen molar-refractivity contribution in [2.45, 2.75) is 77.6 Å². The van der Waals surface area contributed by atoms with Gasteiger partial charge in [-0.05, 0) is 97.1 Å². The van der Waals surface area contributed by atoms with Crippen LogP contribution >= 0.6 is 0 Å². The van der Waals surface area contributed by atoms with E-state index in [1.165, 1.54) is 47.8 Å². The maximum absolute atomic E-state index is 5.10. The molecular weight excluding hydrogens is 663 g/mol. The smallest absolute Gasteiger partial charge is 0.573 e. The van der Waals surface area contributed by atoms with E-state index in [4.69, 9.17) is 4.98 Å². The van der Waals surface area contributed by atoms with Crippen molar-refractivity contribution < 1.29 is 21.1 Å². The van der Waals surface area contributed by atoms with Crippen LogP contribution in [0.1, 0.15) is 74.5 Å². The van der Waals surface area contributed by atoms with Gasteiger partial charge in [0.05, 0.1) is 11.4 Å². The van der Waals surface area contributed by atoms with Gasteiger partial charge in [-0.1, -0.05) is 56.4 Å². The summed E-state index contributed by atoms with van der Waals surface area (Å²) in [7, 11) is 0. The molecule has 39 heavy (non-hydrogen) atoms. The zero-order valence-corrected chi connectivity index (χ0v) is 25.1. The second kappa shape index (κ2) is 11.6. The number of fused-ring (bicyclic) bond motifs is 3. The maximum Gasteiger partial charge on any atom is 2.00 e. The van der Waals surface area contributed by atoms with Gasteiger partial charge < -0.3 is 20.4 Å². The van der Waals surface area contributed by atoms with Crippen molar-refractivity contribution in [3.8, 4) is 22.8 Å². The second-order valence-electron chi connectivity index (χ2n) is 11.4. The Balaban J connectivity index is 0.000000240. The topological polar surface area (TPSA) is 79.8 Å². The Morgan fingerprint density at radius 3 is 1.95 bits per heavy atom. The van der Waals surface area contributed by atoms with Crippen LogP contribution in [-0.4, -0.2) is 20.2 Å². The van der Waals surface area contributed by atoms with E-state index in [-0.39, 0.29) is 26.5 Å². The molecule has 0 N–H and O–H groups in total. The maximum atomic E-state index is 5.10. The predicted octanol–water partition coefficient (Wildman–Crippen LogP) is 6.41. The van der Waals surface area contributed by atoms with Crippen LogP contribution in [0.4, 0.5) is 0 Å². The molecule has 2 aliphatic rings. The fraction of sp³-hybridized carbons (Fsp3) is 0.375. The molecule has 0 saturated carbocycles. The summed E-state index contributed by atoms with van der Waals surface area (Å²) in [5, 5.41) is 20.4. The Labute approximate surface area is 244 Å². The Morgan fingerprint density at radius 2 is 1.31 bits per heavy atom. The van der Waals surface area contributed by atoms with Crippen LogP contribution in [0.25, 0.3) is 33.5 Å². The van der Waals surface area contributed by atoms with Gasteiger partial charge in [0.15, 0.2) is 0 Å². The fourth-order valence-corrected chi connectivity index (χ4v) is 5.60. The molecule has 0 saturated heterocycles. The Morgan fingerprint density at radius 1 is 0.718 bits per heavy atom. The minimum atomic E-state index is 0. The van der Waals surface area contributed by atoms with Gasteiger partial charge in [0.1, 0.15) is 0 Å². The average molecular weight is 698 g/mol. The van der Waals surface area contributed by atoms with Gasteiger partial charge in [0.2, 0.25) is 0 Å². The third kappa shape index (κ3) is 5.63. The van der Waals surface area contributed by atoms with Crippen molar-refractivity contribution in [1.82, 2.24) is 30.4 Å². The molecule has 0 fully saturated rings. The minimum Gasteiger partial charge on any atom is -0.573 e. The van der Waals surface area contributed by atoms with Gasteiger partial charge in [-0.15, -0.1) is 0 Å². The van der Waals surface area contributed by atoms with Crippen LogP contribution in [0.3, 0.4) is 0 Å². The van der Waals surface area contributed by atoms with E-state index in [0.29, 0.717) is 0 Å². The molecule has 2 aliphatic carbocycles. The monoisotopic (exact) mass is 697 g/mol. The largest absolute Gasteiger partial charge is 2.00 e. The Hall–Kier alpha value is -3.11. The summed E-state index contributed by atoms with van der Waals surface area (Å²) in [5.74, 6) is 0. The van der Waals surface area contributed by atoms with Crippen LogP contribution in [0.2, 0.25) is 0 Å². The van der Waals surface area contributed by atoms with Gasteiger partial charge in [0, 0.05) is 29.2 Å². The zero-order valence-electron chi connectivity index (χ0n) is 22.9. The standard InChI is InChI=1S/C23H21N5.C9H13N.Pt/c1-2-8-15-14(7-1)13-20(21-16-9-3-5-11-18(16)25-27-21)24-22(15)23-17-10-4-6-12-19(17)26-28-23;1-9(2,3)8-4-6-10-7-5-8;/h1-2,7-8,13H,3-6,9-12H2;4-7H,1-3H3;/q-2;;+2. The van der Waals surface area contributed by atoms with E-state index in [2.05, 4.69) is 88.6 Å². The van der Waals surface area contributed by atoms with Crippen molar-refractivity contribution in [3.63, 3.8) is 0 Å². The summed E-state index contributed by atoms with van der Waals surface area (Å²) in [5.41, 5.74) is 10.2. The molecule has 4 aromatic heterocycles. The van der Waals surface area contributed by atoms with Crippen LogP contribution in [0.15, 0.2) is 54.9 Å². The first kappa shape index (κ1) is 27.5. The normalized spacial score (nSPS) is 14.5. The minimum absolute atomic E-state index is 0. The molecular formula is C32H34N6Pt. The summed E-state index contributed by atoms with van der Waals surface area (Å²) in [6.07, 6.45) is 12.6. The molecule has 0 amide bonds. The van der Waals surface area contributed by atoms with E-state index in [0.717, 1.165) is 65.2 Å². The Kier molecular flexibility index (Phi) is 8.13. The molecule has 0 radical (unpaired) electrons. The van der Waals surface area contributed by atoms with Crippen molar-refractivity contribution in [3.05, 3.63) is 82.9 Å². The number of nitrogens with zero attached hydrogens (tertiary/aromatic N) is 6. The average Bonchev–Trinajstić information content (AvgIpc) is 3.58. The number of rotatable bonds is 2. The molecule has 0 bridgehead atoms. The quantitative estimate of drug-likeness (QED) is 0.212. The van der Waals surface area contributed by atoms with Crippen LogP contribution in [0.5, 0.6) is 0 Å². The van der Waals surface area contributed by atoms with E-state index in [9.17, 15) is 0 Å². The SMILES string of the molecule is CC(C)(C)c1ccncc1.[Pt+2].c1ccc2c(-c3[n-]nc4c3CCCC4)nc(-c3[n-]nc4c3CCCC4)cc2c1. The van der Waals surface area contributed by atoms with Crippen molar-refractivity contribution >= 4 is 10.8 Å². The van der Waals surface area contributed by atoms with Crippen molar-refractivity contribution in [1.29, 1.82) is 0 Å². The first-order chi connectivity index (χ1) is 18.5.